The van der Waals surface area contributed by atoms with Gasteiger partial charge < -0.3 is 4.52 Å². The standard InChI is InChI=1S/C19H20N2OS/c1-2-5-15(6-3-1)14-21-10-8-16(9-11-21)17-13-18(22-20-17)19-7-4-12-23-19/h1-7,12-13,16H,8-11,14H2. The fourth-order valence-corrected chi connectivity index (χ4v) is 3.92. The van der Waals surface area contributed by atoms with Gasteiger partial charge in [0.2, 0.25) is 0 Å². The third-order valence-corrected chi connectivity index (χ3v) is 5.43. The highest BCUT2D eigenvalue weighted by molar-refractivity contribution is 7.13. The fourth-order valence-electron chi connectivity index (χ4n) is 3.24. The minimum atomic E-state index is 0.527. The van der Waals surface area contributed by atoms with Gasteiger partial charge >= 0.3 is 0 Å². The van der Waals surface area contributed by atoms with Gasteiger partial charge in [-0.15, -0.1) is 11.3 Å². The molecule has 0 N–H and O–H groups in total. The van der Waals surface area contributed by atoms with Crippen molar-refractivity contribution in [2.24, 2.45) is 0 Å². The van der Waals surface area contributed by atoms with Crippen molar-refractivity contribution >= 4 is 11.3 Å². The molecule has 0 radical (unpaired) electrons. The zero-order chi connectivity index (χ0) is 15.5. The molecule has 4 rings (SSSR count). The second kappa shape index (κ2) is 6.69. The van der Waals surface area contributed by atoms with Crippen LogP contribution < -0.4 is 0 Å². The van der Waals surface area contributed by atoms with Crippen LogP contribution in [-0.2, 0) is 6.54 Å². The summed E-state index contributed by atoms with van der Waals surface area (Å²) in [5.74, 6) is 1.43. The number of aromatic nitrogens is 1. The van der Waals surface area contributed by atoms with Gasteiger partial charge in [0.15, 0.2) is 5.76 Å². The molecule has 0 atom stereocenters. The van der Waals surface area contributed by atoms with Gasteiger partial charge in [0.25, 0.3) is 0 Å². The molecule has 1 aliphatic heterocycles. The first-order valence-corrected chi connectivity index (χ1v) is 9.03. The number of hydrogen-bond acceptors (Lipinski definition) is 4. The van der Waals surface area contributed by atoms with Crippen LogP contribution in [0.2, 0.25) is 0 Å². The van der Waals surface area contributed by atoms with Crippen molar-refractivity contribution < 1.29 is 4.52 Å². The smallest absolute Gasteiger partial charge is 0.177 e. The van der Waals surface area contributed by atoms with Crippen LogP contribution in [0.15, 0.2) is 58.4 Å². The van der Waals surface area contributed by atoms with Gasteiger partial charge in [0, 0.05) is 18.5 Å². The molecule has 0 amide bonds. The summed E-state index contributed by atoms with van der Waals surface area (Å²) in [6, 6.07) is 17.0. The van der Waals surface area contributed by atoms with E-state index >= 15 is 0 Å². The molecule has 0 saturated carbocycles. The molecule has 3 aromatic rings. The van der Waals surface area contributed by atoms with Crippen molar-refractivity contribution in [2.75, 3.05) is 13.1 Å². The summed E-state index contributed by atoms with van der Waals surface area (Å²) in [4.78, 5) is 3.69. The Morgan fingerprint density at radius 2 is 1.91 bits per heavy atom. The molecule has 1 aromatic carbocycles. The largest absolute Gasteiger partial charge is 0.355 e. The minimum absolute atomic E-state index is 0.527. The quantitative estimate of drug-likeness (QED) is 0.691. The summed E-state index contributed by atoms with van der Waals surface area (Å²) in [5.41, 5.74) is 2.51. The van der Waals surface area contributed by atoms with Crippen LogP contribution in [0.4, 0.5) is 0 Å². The summed E-state index contributed by atoms with van der Waals surface area (Å²) in [5, 5.41) is 6.39. The Morgan fingerprint density at radius 3 is 2.65 bits per heavy atom. The van der Waals surface area contributed by atoms with Crippen molar-refractivity contribution in [1.29, 1.82) is 0 Å². The van der Waals surface area contributed by atoms with E-state index in [1.165, 1.54) is 5.56 Å². The minimum Gasteiger partial charge on any atom is -0.355 e. The van der Waals surface area contributed by atoms with E-state index in [1.54, 1.807) is 11.3 Å². The second-order valence-electron chi connectivity index (χ2n) is 6.13. The molecule has 2 aromatic heterocycles. The summed E-state index contributed by atoms with van der Waals surface area (Å²) >= 11 is 1.70. The molecule has 0 bridgehead atoms. The van der Waals surface area contributed by atoms with E-state index in [0.29, 0.717) is 5.92 Å². The van der Waals surface area contributed by atoms with E-state index in [-0.39, 0.29) is 0 Å². The maximum absolute atomic E-state index is 5.53. The Hall–Kier alpha value is -1.91. The highest BCUT2D eigenvalue weighted by Gasteiger charge is 2.23. The van der Waals surface area contributed by atoms with E-state index in [2.05, 4.69) is 57.9 Å². The number of nitrogens with zero attached hydrogens (tertiary/aromatic N) is 2. The molecule has 23 heavy (non-hydrogen) atoms. The summed E-state index contributed by atoms with van der Waals surface area (Å²) < 4.78 is 5.53. The lowest BCUT2D eigenvalue weighted by Crippen LogP contribution is -2.32. The topological polar surface area (TPSA) is 29.3 Å². The van der Waals surface area contributed by atoms with Crippen LogP contribution in [0, 0.1) is 0 Å². The Balaban J connectivity index is 1.36. The highest BCUT2D eigenvalue weighted by atomic mass is 32.1. The van der Waals surface area contributed by atoms with Crippen molar-refractivity contribution in [3.63, 3.8) is 0 Å². The van der Waals surface area contributed by atoms with Crippen molar-refractivity contribution in [3.05, 3.63) is 65.2 Å². The number of likely N-dealkylation sites (tertiary alicyclic amines) is 1. The van der Waals surface area contributed by atoms with Crippen molar-refractivity contribution in [2.45, 2.75) is 25.3 Å². The lowest BCUT2D eigenvalue weighted by atomic mass is 9.93. The first-order valence-electron chi connectivity index (χ1n) is 8.15. The maximum atomic E-state index is 5.53. The van der Waals surface area contributed by atoms with E-state index in [1.807, 2.05) is 6.07 Å². The van der Waals surface area contributed by atoms with Crippen molar-refractivity contribution in [1.82, 2.24) is 10.1 Å². The molecule has 0 unspecified atom stereocenters. The van der Waals surface area contributed by atoms with Gasteiger partial charge in [-0.1, -0.05) is 41.6 Å². The first-order chi connectivity index (χ1) is 11.4. The second-order valence-corrected chi connectivity index (χ2v) is 7.08. The summed E-state index contributed by atoms with van der Waals surface area (Å²) in [7, 11) is 0. The predicted molar refractivity (Wildman–Crippen MR) is 93.5 cm³/mol. The molecule has 4 heteroatoms. The monoisotopic (exact) mass is 324 g/mol. The SMILES string of the molecule is c1ccc(CN2CCC(c3cc(-c4cccs4)on3)CC2)cc1. The zero-order valence-corrected chi connectivity index (χ0v) is 13.8. The maximum Gasteiger partial charge on any atom is 0.177 e. The van der Waals surface area contributed by atoms with Crippen LogP contribution in [0.1, 0.15) is 30.0 Å². The predicted octanol–water partition coefficient (Wildman–Crippen LogP) is 4.78. The summed E-state index contributed by atoms with van der Waals surface area (Å²) in [6.07, 6.45) is 2.31. The molecular formula is C19H20N2OS. The third kappa shape index (κ3) is 3.38. The van der Waals surface area contributed by atoms with E-state index < -0.39 is 0 Å². The summed E-state index contributed by atoms with van der Waals surface area (Å²) in [6.45, 7) is 3.30. The van der Waals surface area contributed by atoms with Crippen LogP contribution in [0.3, 0.4) is 0 Å². The molecule has 1 saturated heterocycles. The van der Waals surface area contributed by atoms with Gasteiger partial charge in [-0.05, 0) is 42.9 Å². The van der Waals surface area contributed by atoms with E-state index in [4.69, 9.17) is 4.52 Å². The van der Waals surface area contributed by atoms with Crippen molar-refractivity contribution in [3.8, 4) is 10.6 Å². The zero-order valence-electron chi connectivity index (χ0n) is 13.0. The van der Waals surface area contributed by atoms with Crippen LogP contribution in [0.25, 0.3) is 10.6 Å². The molecule has 0 spiro atoms. The van der Waals surface area contributed by atoms with Crippen LogP contribution in [0.5, 0.6) is 0 Å². The Kier molecular flexibility index (Phi) is 4.26. The lowest BCUT2D eigenvalue weighted by molar-refractivity contribution is 0.201. The highest BCUT2D eigenvalue weighted by Crippen LogP contribution is 2.32. The molecule has 1 aliphatic rings. The van der Waals surface area contributed by atoms with Gasteiger partial charge in [0.1, 0.15) is 0 Å². The van der Waals surface area contributed by atoms with Crippen LogP contribution in [-0.4, -0.2) is 23.1 Å². The van der Waals surface area contributed by atoms with Gasteiger partial charge in [-0.25, -0.2) is 0 Å². The van der Waals surface area contributed by atoms with Gasteiger partial charge in [-0.2, -0.15) is 0 Å². The lowest BCUT2D eigenvalue weighted by Gasteiger charge is -2.30. The molecule has 0 aliphatic carbocycles. The number of piperidine rings is 1. The van der Waals surface area contributed by atoms with Gasteiger partial charge in [-0.3, -0.25) is 4.90 Å². The third-order valence-electron chi connectivity index (χ3n) is 4.55. The molecule has 3 heterocycles. The molecular weight excluding hydrogens is 304 g/mol. The van der Waals surface area contributed by atoms with E-state index in [9.17, 15) is 0 Å². The molecule has 118 valence electrons. The number of thiophene rings is 1. The van der Waals surface area contributed by atoms with E-state index in [0.717, 1.165) is 48.8 Å². The Morgan fingerprint density at radius 1 is 1.09 bits per heavy atom. The first kappa shape index (κ1) is 14.7. The fraction of sp³-hybridized carbons (Fsp3) is 0.316. The number of hydrogen-bond donors (Lipinski definition) is 0. The number of rotatable bonds is 4. The Labute approximate surface area is 140 Å². The van der Waals surface area contributed by atoms with Gasteiger partial charge in [0.05, 0.1) is 10.6 Å². The Bertz CT molecular complexity index is 728. The number of benzene rings is 1. The molecule has 1 fully saturated rings. The average molecular weight is 324 g/mol. The molecule has 3 nitrogen and oxygen atoms in total. The van der Waals surface area contributed by atoms with Crippen LogP contribution >= 0.6 is 11.3 Å². The normalized spacial score (nSPS) is 16.7. The average Bonchev–Trinajstić information content (AvgIpc) is 3.28.